The molecule has 3 rings (SSSR count). The molecule has 0 aliphatic carbocycles. The first-order valence-corrected chi connectivity index (χ1v) is 9.93. The molecule has 0 aliphatic rings. The van der Waals surface area contributed by atoms with Crippen molar-refractivity contribution in [2.24, 2.45) is 0 Å². The van der Waals surface area contributed by atoms with E-state index in [0.717, 1.165) is 4.31 Å². The maximum atomic E-state index is 12.9. The van der Waals surface area contributed by atoms with E-state index in [9.17, 15) is 18.0 Å². The second kappa shape index (κ2) is 7.87. The molecule has 28 heavy (non-hydrogen) atoms. The first kappa shape index (κ1) is 19.6. The summed E-state index contributed by atoms with van der Waals surface area (Å²) in [6, 6.07) is 11.0. The van der Waals surface area contributed by atoms with Crippen LogP contribution in [0.15, 0.2) is 52.2 Å². The van der Waals surface area contributed by atoms with Gasteiger partial charge in [0.15, 0.2) is 0 Å². The summed E-state index contributed by atoms with van der Waals surface area (Å²) in [4.78, 5) is 28.8. The number of hydrogen-bond acceptors (Lipinski definition) is 5. The number of aromatic amines is 2. The zero-order valence-electron chi connectivity index (χ0n) is 15.4. The molecule has 1 heterocycles. The van der Waals surface area contributed by atoms with Crippen LogP contribution in [0.2, 0.25) is 0 Å². The zero-order valence-corrected chi connectivity index (χ0v) is 16.2. The van der Waals surface area contributed by atoms with Crippen LogP contribution in [0.4, 0.5) is 5.69 Å². The van der Waals surface area contributed by atoms with Crippen LogP contribution < -0.4 is 15.7 Å². The van der Waals surface area contributed by atoms with E-state index in [1.165, 1.54) is 25.3 Å². The average molecular weight is 404 g/mol. The molecule has 0 saturated heterocycles. The number of likely N-dealkylation sites (N-methyl/N-ethyl adjacent to an activating group) is 1. The third-order valence-corrected chi connectivity index (χ3v) is 6.09. The first-order chi connectivity index (χ1) is 13.3. The highest BCUT2D eigenvalue weighted by Gasteiger charge is 2.25. The Morgan fingerprint density at radius 2 is 1.79 bits per heavy atom. The Kier molecular flexibility index (Phi) is 5.52. The van der Waals surface area contributed by atoms with Gasteiger partial charge in [0.25, 0.3) is 0 Å². The Morgan fingerprint density at radius 1 is 1.11 bits per heavy atom. The average Bonchev–Trinajstić information content (AvgIpc) is 3.05. The molecule has 2 aromatic carbocycles. The molecule has 3 N–H and O–H groups in total. The van der Waals surface area contributed by atoms with E-state index in [-0.39, 0.29) is 18.0 Å². The van der Waals surface area contributed by atoms with Gasteiger partial charge < -0.3 is 20.0 Å². The lowest BCUT2D eigenvalue weighted by Crippen LogP contribution is -2.37. The summed E-state index contributed by atoms with van der Waals surface area (Å²) in [5.41, 5.74) is 0.996. The van der Waals surface area contributed by atoms with Crippen molar-refractivity contribution in [3.05, 3.63) is 52.9 Å². The molecule has 0 unspecified atom stereocenters. The lowest BCUT2D eigenvalue weighted by Gasteiger charge is -2.20. The quantitative estimate of drug-likeness (QED) is 0.551. The fraction of sp³-hybridized carbons (Fsp3) is 0.222. The van der Waals surface area contributed by atoms with E-state index in [4.69, 9.17) is 4.74 Å². The summed E-state index contributed by atoms with van der Waals surface area (Å²) in [6.07, 6.45) is 0. The summed E-state index contributed by atoms with van der Waals surface area (Å²) in [5.74, 6) is 0.181. The number of amides is 1. The number of benzene rings is 2. The van der Waals surface area contributed by atoms with Gasteiger partial charge in [0.1, 0.15) is 5.75 Å². The minimum absolute atomic E-state index is 0.00523. The summed E-state index contributed by atoms with van der Waals surface area (Å²) in [5, 5.41) is 2.66. The predicted octanol–water partition coefficient (Wildman–Crippen LogP) is 1.51. The van der Waals surface area contributed by atoms with E-state index < -0.39 is 21.6 Å². The molecule has 0 atom stereocenters. The van der Waals surface area contributed by atoms with Gasteiger partial charge in [-0.05, 0) is 42.5 Å². The van der Waals surface area contributed by atoms with Gasteiger partial charge in [-0.15, -0.1) is 0 Å². The number of aromatic nitrogens is 2. The highest BCUT2D eigenvalue weighted by atomic mass is 32.2. The molecular formula is C18H20N4O5S. The maximum absolute atomic E-state index is 12.9. The summed E-state index contributed by atoms with van der Waals surface area (Å²) >= 11 is 0. The van der Waals surface area contributed by atoms with Gasteiger partial charge in [-0.2, -0.15) is 4.31 Å². The van der Waals surface area contributed by atoms with E-state index in [0.29, 0.717) is 22.5 Å². The highest BCUT2D eigenvalue weighted by molar-refractivity contribution is 7.89. The molecule has 0 saturated carbocycles. The third-order valence-electron chi connectivity index (χ3n) is 4.17. The number of sulfonamides is 1. The largest absolute Gasteiger partial charge is 0.497 e. The summed E-state index contributed by atoms with van der Waals surface area (Å²) < 4.78 is 31.9. The first-order valence-electron chi connectivity index (χ1n) is 8.49. The highest BCUT2D eigenvalue weighted by Crippen LogP contribution is 2.20. The number of nitrogens with zero attached hydrogens (tertiary/aromatic N) is 1. The van der Waals surface area contributed by atoms with Gasteiger partial charge >= 0.3 is 5.69 Å². The minimum atomic E-state index is -3.91. The van der Waals surface area contributed by atoms with Crippen LogP contribution in [0.25, 0.3) is 11.0 Å². The van der Waals surface area contributed by atoms with Gasteiger partial charge in [0, 0.05) is 12.2 Å². The number of hydrogen-bond donors (Lipinski definition) is 3. The molecule has 0 spiro atoms. The van der Waals surface area contributed by atoms with Gasteiger partial charge in [0.2, 0.25) is 15.9 Å². The van der Waals surface area contributed by atoms with Crippen LogP contribution in [-0.2, 0) is 14.8 Å². The number of anilines is 1. The van der Waals surface area contributed by atoms with Crippen molar-refractivity contribution < 1.29 is 17.9 Å². The minimum Gasteiger partial charge on any atom is -0.497 e. The zero-order chi connectivity index (χ0) is 20.3. The van der Waals surface area contributed by atoms with Gasteiger partial charge in [-0.3, -0.25) is 4.79 Å². The van der Waals surface area contributed by atoms with Gasteiger partial charge in [0.05, 0.1) is 29.6 Å². The Hall–Kier alpha value is -3.11. The molecule has 0 aliphatic heterocycles. The number of carbonyl (C=O) groups excluding carboxylic acids is 1. The lowest BCUT2D eigenvalue weighted by atomic mass is 10.3. The monoisotopic (exact) mass is 404 g/mol. The van der Waals surface area contributed by atoms with Crippen molar-refractivity contribution in [3.63, 3.8) is 0 Å². The Balaban J connectivity index is 1.77. The molecule has 3 aromatic rings. The number of methoxy groups -OCH3 is 1. The van der Waals surface area contributed by atoms with Gasteiger partial charge in [-0.25, -0.2) is 13.2 Å². The van der Waals surface area contributed by atoms with Crippen LogP contribution >= 0.6 is 0 Å². The van der Waals surface area contributed by atoms with Crippen molar-refractivity contribution in [2.75, 3.05) is 25.5 Å². The number of imidazole rings is 1. The normalized spacial score (nSPS) is 11.7. The maximum Gasteiger partial charge on any atom is 0.323 e. The predicted molar refractivity (Wildman–Crippen MR) is 105 cm³/mol. The number of carbonyl (C=O) groups is 1. The van der Waals surface area contributed by atoms with Crippen LogP contribution in [0.3, 0.4) is 0 Å². The van der Waals surface area contributed by atoms with Crippen LogP contribution in [0.5, 0.6) is 5.75 Å². The van der Waals surface area contributed by atoms with Gasteiger partial charge in [-0.1, -0.05) is 6.92 Å². The second-order valence-corrected chi connectivity index (χ2v) is 7.93. The van der Waals surface area contributed by atoms with Crippen LogP contribution in [0.1, 0.15) is 6.92 Å². The smallest absolute Gasteiger partial charge is 0.323 e. The lowest BCUT2D eigenvalue weighted by molar-refractivity contribution is -0.116. The molecule has 0 bridgehead atoms. The molecule has 1 aromatic heterocycles. The molecule has 1 amide bonds. The van der Waals surface area contributed by atoms with E-state index in [2.05, 4.69) is 15.3 Å². The number of fused-ring (bicyclic) bond motifs is 1. The Morgan fingerprint density at radius 3 is 2.43 bits per heavy atom. The summed E-state index contributed by atoms with van der Waals surface area (Å²) in [6.45, 7) is 1.42. The van der Waals surface area contributed by atoms with E-state index >= 15 is 0 Å². The van der Waals surface area contributed by atoms with Crippen molar-refractivity contribution >= 4 is 32.7 Å². The Labute approximate surface area is 161 Å². The van der Waals surface area contributed by atoms with Crippen molar-refractivity contribution in [1.29, 1.82) is 0 Å². The third kappa shape index (κ3) is 4.07. The standard InChI is InChI=1S/C18H20N4O5S/c1-3-22(11-17(23)19-12-4-6-13(27-2)7-5-12)28(25,26)14-8-9-15-16(10-14)21-18(24)20-15/h4-10H,3,11H2,1-2H3,(H,19,23)(H2,20,21,24). The molecule has 148 valence electrons. The SMILES string of the molecule is CCN(CC(=O)Nc1ccc(OC)cc1)S(=O)(=O)c1ccc2[nH]c(=O)[nH]c2c1. The number of rotatable bonds is 7. The molecule has 0 radical (unpaired) electrons. The van der Waals surface area contributed by atoms with Crippen LogP contribution in [0, 0.1) is 0 Å². The fourth-order valence-corrected chi connectivity index (χ4v) is 4.16. The Bertz CT molecular complexity index is 1150. The number of nitrogens with one attached hydrogen (secondary N) is 3. The second-order valence-electron chi connectivity index (χ2n) is 5.99. The number of ether oxygens (including phenoxy) is 1. The van der Waals surface area contributed by atoms with Crippen molar-refractivity contribution in [1.82, 2.24) is 14.3 Å². The fourth-order valence-electron chi connectivity index (χ4n) is 2.72. The summed E-state index contributed by atoms with van der Waals surface area (Å²) in [7, 11) is -2.38. The van der Waals surface area contributed by atoms with E-state index in [1.54, 1.807) is 31.2 Å². The molecule has 9 nitrogen and oxygen atoms in total. The topological polar surface area (TPSA) is 124 Å². The molecule has 10 heteroatoms. The van der Waals surface area contributed by atoms with Crippen molar-refractivity contribution in [2.45, 2.75) is 11.8 Å². The number of H-pyrrole nitrogens is 2. The molecule has 0 fully saturated rings. The van der Waals surface area contributed by atoms with E-state index in [1.807, 2.05) is 0 Å². The van der Waals surface area contributed by atoms with Crippen molar-refractivity contribution in [3.8, 4) is 5.75 Å². The molecular weight excluding hydrogens is 384 g/mol. The van der Waals surface area contributed by atoms with Crippen LogP contribution in [-0.4, -0.2) is 48.8 Å².